The van der Waals surface area contributed by atoms with Crippen LogP contribution in [0.4, 0.5) is 11.4 Å². The predicted molar refractivity (Wildman–Crippen MR) is 181 cm³/mol. The zero-order chi connectivity index (χ0) is 34.5. The van der Waals surface area contributed by atoms with Gasteiger partial charge in [0.1, 0.15) is 35.3 Å². The molecule has 2 unspecified atom stereocenters. The molecule has 2 atom stereocenters. The monoisotopic (exact) mass is 674 g/mol. The van der Waals surface area contributed by atoms with E-state index in [1.807, 2.05) is 78.8 Å². The van der Waals surface area contributed by atoms with E-state index in [1.165, 1.54) is 19.1 Å². The lowest BCUT2D eigenvalue weighted by Crippen LogP contribution is -2.47. The van der Waals surface area contributed by atoms with Crippen molar-refractivity contribution in [3.05, 3.63) is 75.3 Å². The molecule has 13 heteroatoms. The van der Waals surface area contributed by atoms with Crippen LogP contribution < -0.4 is 30.1 Å². The van der Waals surface area contributed by atoms with Gasteiger partial charge in [0.25, 0.3) is 5.91 Å². The van der Waals surface area contributed by atoms with Crippen LogP contribution >= 0.6 is 11.6 Å². The number of nitrogens with one attached hydrogen (secondary N) is 2. The Kier molecular flexibility index (Phi) is 12.2. The summed E-state index contributed by atoms with van der Waals surface area (Å²) in [4.78, 5) is 25.5. The number of aliphatic hydroxyl groups excluding tert-OH is 1. The first kappa shape index (κ1) is 36.8. The summed E-state index contributed by atoms with van der Waals surface area (Å²) in [6.07, 6.45) is -0.891. The van der Waals surface area contributed by atoms with Crippen LogP contribution in [0.1, 0.15) is 60.3 Å². The number of carbonyl (C=O) groups excluding carboxylic acids is 2. The molecule has 11 nitrogen and oxygen atoms in total. The number of sulfonamides is 1. The maximum atomic E-state index is 13.0. The lowest BCUT2D eigenvalue weighted by molar-refractivity contribution is -0.132. The molecular formula is C33H43ClN4O7S. The molecule has 0 spiro atoms. The van der Waals surface area contributed by atoms with Crippen molar-refractivity contribution in [2.24, 2.45) is 5.14 Å². The van der Waals surface area contributed by atoms with E-state index >= 15 is 0 Å². The van der Waals surface area contributed by atoms with Crippen LogP contribution in [0.25, 0.3) is 0 Å². The molecule has 1 aliphatic rings. The molecule has 0 bridgehead atoms. The van der Waals surface area contributed by atoms with E-state index in [9.17, 15) is 23.1 Å². The standard InChI is InChI=1S/C17H27NO4.C16H16ClN3O3S/c1-10(2)18-8-15(20)9-21-16-7-11(3)17(22-14(6)19)13(5)12(16)4;1-9-5-3-4-6-14(9)20-10(2)19-13-8-12(17)15(24(18,22)23)7-11(13)16(20)21/h7,10,15,18,20H,8-9H2,1-6H3;3-8,10,19H,1-2H3,(H2,18,22,23). The Morgan fingerprint density at radius 1 is 1.11 bits per heavy atom. The first-order valence-electron chi connectivity index (χ1n) is 14.8. The Balaban J connectivity index is 0.000000252. The number of ether oxygens (including phenoxy) is 2. The van der Waals surface area contributed by atoms with Crippen molar-refractivity contribution in [3.63, 3.8) is 0 Å². The average molecular weight is 675 g/mol. The molecule has 3 aromatic rings. The number of aliphatic hydroxyl groups is 1. The number of anilines is 2. The van der Waals surface area contributed by atoms with Crippen LogP contribution in [0.15, 0.2) is 47.4 Å². The molecule has 4 rings (SSSR count). The van der Waals surface area contributed by atoms with Crippen molar-refractivity contribution in [2.45, 2.75) is 78.6 Å². The van der Waals surface area contributed by atoms with Gasteiger partial charge in [-0.3, -0.25) is 14.5 Å². The number of aryl methyl sites for hydroxylation is 2. The van der Waals surface area contributed by atoms with Gasteiger partial charge >= 0.3 is 5.97 Å². The van der Waals surface area contributed by atoms with E-state index in [2.05, 4.69) is 10.6 Å². The number of primary sulfonamides is 1. The second-order valence-electron chi connectivity index (χ2n) is 11.5. The summed E-state index contributed by atoms with van der Waals surface area (Å²) in [5.74, 6) is 0.635. The van der Waals surface area contributed by atoms with Crippen LogP contribution in [0, 0.1) is 27.7 Å². The third-order valence-corrected chi connectivity index (χ3v) is 8.75. The smallest absolute Gasteiger partial charge is 0.308 e. The van der Waals surface area contributed by atoms with Gasteiger partial charge in [0.05, 0.1) is 16.3 Å². The molecule has 5 N–H and O–H groups in total. The zero-order valence-electron chi connectivity index (χ0n) is 27.4. The van der Waals surface area contributed by atoms with E-state index in [0.717, 1.165) is 27.9 Å². The average Bonchev–Trinajstić information content (AvgIpc) is 2.95. The van der Waals surface area contributed by atoms with Gasteiger partial charge in [-0.2, -0.15) is 0 Å². The SMILES string of the molecule is CC(=O)Oc1c(C)cc(OCC(O)CNC(C)C)c(C)c1C.Cc1ccccc1N1C(=O)c2cc(S(N)(=O)=O)c(Cl)cc2NC1C. The Morgan fingerprint density at radius 2 is 1.76 bits per heavy atom. The lowest BCUT2D eigenvalue weighted by atomic mass is 10.0. The van der Waals surface area contributed by atoms with Crippen LogP contribution in [0.2, 0.25) is 5.02 Å². The first-order valence-corrected chi connectivity index (χ1v) is 16.7. The largest absolute Gasteiger partial charge is 0.491 e. The molecule has 46 heavy (non-hydrogen) atoms. The number of nitrogens with zero attached hydrogens (tertiary/aromatic N) is 1. The zero-order valence-corrected chi connectivity index (χ0v) is 29.0. The summed E-state index contributed by atoms with van der Waals surface area (Å²) >= 11 is 6.00. The molecule has 0 saturated carbocycles. The van der Waals surface area contributed by atoms with Crippen LogP contribution in [0.3, 0.4) is 0 Å². The highest BCUT2D eigenvalue weighted by atomic mass is 35.5. The topological polar surface area (TPSA) is 160 Å². The van der Waals surface area contributed by atoms with E-state index in [4.69, 9.17) is 26.2 Å². The molecule has 1 heterocycles. The number of esters is 1. The number of amides is 1. The lowest BCUT2D eigenvalue weighted by Gasteiger charge is -2.37. The molecule has 1 amide bonds. The van der Waals surface area contributed by atoms with E-state index in [0.29, 0.717) is 29.8 Å². The number of hydrogen-bond acceptors (Lipinski definition) is 9. The minimum atomic E-state index is -4.02. The number of benzene rings is 3. The molecular weight excluding hydrogens is 632 g/mol. The Bertz CT molecular complexity index is 1710. The summed E-state index contributed by atoms with van der Waals surface area (Å²) in [7, 11) is -4.02. The summed E-state index contributed by atoms with van der Waals surface area (Å²) in [6.45, 7) is 15.6. The molecule has 0 radical (unpaired) electrons. The Morgan fingerprint density at radius 3 is 2.35 bits per heavy atom. The maximum Gasteiger partial charge on any atom is 0.308 e. The summed E-state index contributed by atoms with van der Waals surface area (Å²) < 4.78 is 34.3. The fourth-order valence-corrected chi connectivity index (χ4v) is 6.00. The number of halogens is 1. The molecule has 0 saturated heterocycles. The molecule has 0 aliphatic carbocycles. The summed E-state index contributed by atoms with van der Waals surface area (Å²) in [5, 5.41) is 21.4. The highest BCUT2D eigenvalue weighted by molar-refractivity contribution is 7.89. The summed E-state index contributed by atoms with van der Waals surface area (Å²) in [5.41, 5.74) is 5.00. The number of carbonyl (C=O) groups is 2. The van der Waals surface area contributed by atoms with Crippen LogP contribution in [-0.4, -0.2) is 56.9 Å². The van der Waals surface area contributed by atoms with Gasteiger partial charge in [-0.25, -0.2) is 13.6 Å². The van der Waals surface area contributed by atoms with Gasteiger partial charge in [-0.15, -0.1) is 0 Å². The molecule has 0 fully saturated rings. The minimum Gasteiger partial charge on any atom is -0.491 e. The van der Waals surface area contributed by atoms with Gasteiger partial charge in [0.15, 0.2) is 0 Å². The van der Waals surface area contributed by atoms with E-state index in [-0.39, 0.29) is 40.1 Å². The Hall–Kier alpha value is -3.68. The van der Waals surface area contributed by atoms with Crippen molar-refractivity contribution in [1.29, 1.82) is 0 Å². The van der Waals surface area contributed by atoms with Crippen molar-refractivity contribution < 1.29 is 32.6 Å². The van der Waals surface area contributed by atoms with Crippen molar-refractivity contribution >= 4 is 44.9 Å². The number of hydrogen-bond donors (Lipinski definition) is 4. The fourth-order valence-electron chi connectivity index (χ4n) is 4.90. The highest BCUT2D eigenvalue weighted by Gasteiger charge is 2.33. The maximum absolute atomic E-state index is 13.0. The van der Waals surface area contributed by atoms with Crippen molar-refractivity contribution in [2.75, 3.05) is 23.4 Å². The minimum absolute atomic E-state index is 0.0203. The van der Waals surface area contributed by atoms with Gasteiger partial charge in [-0.05, 0) is 81.1 Å². The third kappa shape index (κ3) is 8.98. The van der Waals surface area contributed by atoms with Gasteiger partial charge < -0.3 is 25.2 Å². The second-order valence-corrected chi connectivity index (χ2v) is 13.5. The normalized spacial score (nSPS) is 15.0. The summed E-state index contributed by atoms with van der Waals surface area (Å²) in [6, 6.07) is 12.3. The van der Waals surface area contributed by atoms with Crippen LogP contribution in [-0.2, 0) is 14.8 Å². The molecule has 1 aliphatic heterocycles. The van der Waals surface area contributed by atoms with Crippen molar-refractivity contribution in [3.8, 4) is 11.5 Å². The number of para-hydroxylation sites is 1. The van der Waals surface area contributed by atoms with E-state index in [1.54, 1.807) is 4.90 Å². The second kappa shape index (κ2) is 15.3. The predicted octanol–water partition coefficient (Wildman–Crippen LogP) is 4.99. The highest BCUT2D eigenvalue weighted by Crippen LogP contribution is 2.36. The molecule has 0 aromatic heterocycles. The molecule has 250 valence electrons. The van der Waals surface area contributed by atoms with Crippen LogP contribution in [0.5, 0.6) is 11.5 Å². The van der Waals surface area contributed by atoms with E-state index < -0.39 is 16.1 Å². The molecule has 3 aromatic carbocycles. The Labute approximate surface area is 276 Å². The number of fused-ring (bicyclic) bond motifs is 1. The number of rotatable bonds is 9. The van der Waals surface area contributed by atoms with Gasteiger partial charge in [0, 0.05) is 25.2 Å². The first-order chi connectivity index (χ1) is 21.4. The van der Waals surface area contributed by atoms with Gasteiger partial charge in [-0.1, -0.05) is 43.6 Å². The van der Waals surface area contributed by atoms with Gasteiger partial charge in [0.2, 0.25) is 10.0 Å². The number of nitrogens with two attached hydrogens (primary N) is 1. The quantitative estimate of drug-likeness (QED) is 0.181. The third-order valence-electron chi connectivity index (χ3n) is 7.37. The van der Waals surface area contributed by atoms with Crippen molar-refractivity contribution in [1.82, 2.24) is 5.32 Å². The fraction of sp³-hybridized carbons (Fsp3) is 0.394.